The number of likely N-dealkylation sites (tertiary alicyclic amines) is 1. The Kier molecular flexibility index (Phi) is 5.71. The van der Waals surface area contributed by atoms with Gasteiger partial charge in [-0.05, 0) is 67.8 Å². The van der Waals surface area contributed by atoms with Crippen LogP contribution >= 0.6 is 11.6 Å². The molecule has 0 saturated carbocycles. The summed E-state index contributed by atoms with van der Waals surface area (Å²) >= 11 is 5.97. The molecule has 0 unspecified atom stereocenters. The van der Waals surface area contributed by atoms with E-state index in [2.05, 4.69) is 10.2 Å². The third-order valence-corrected chi connectivity index (χ3v) is 4.88. The van der Waals surface area contributed by atoms with Crippen molar-refractivity contribution in [1.82, 2.24) is 4.90 Å². The lowest BCUT2D eigenvalue weighted by Crippen LogP contribution is -2.40. The fourth-order valence-electron chi connectivity index (χ4n) is 3.26. The normalized spacial score (nSPS) is 18.1. The number of nitrogens with zero attached hydrogens (tertiary/aromatic N) is 1. The summed E-state index contributed by atoms with van der Waals surface area (Å²) < 4.78 is 13.0. The molecule has 0 spiro atoms. The van der Waals surface area contributed by atoms with Crippen LogP contribution in [0.4, 0.5) is 10.1 Å². The minimum Gasteiger partial charge on any atom is -0.326 e. The Bertz CT molecular complexity index is 748. The van der Waals surface area contributed by atoms with Gasteiger partial charge in [-0.1, -0.05) is 23.7 Å². The molecule has 132 valence electrons. The van der Waals surface area contributed by atoms with Crippen molar-refractivity contribution in [3.05, 3.63) is 64.4 Å². The molecular formula is C20H22ClFN2O. The number of benzene rings is 2. The molecule has 0 bridgehead atoms. The molecule has 2 aromatic carbocycles. The third-order valence-electron chi connectivity index (χ3n) is 4.64. The Morgan fingerprint density at radius 1 is 1.28 bits per heavy atom. The van der Waals surface area contributed by atoms with Crippen LogP contribution in [0.1, 0.15) is 24.0 Å². The quantitative estimate of drug-likeness (QED) is 0.861. The Balaban J connectivity index is 1.60. The first-order chi connectivity index (χ1) is 12.0. The Morgan fingerprint density at radius 3 is 2.76 bits per heavy atom. The zero-order valence-corrected chi connectivity index (χ0v) is 15.0. The highest BCUT2D eigenvalue weighted by atomic mass is 35.5. The van der Waals surface area contributed by atoms with E-state index in [1.807, 2.05) is 19.1 Å². The predicted molar refractivity (Wildman–Crippen MR) is 99.2 cm³/mol. The highest BCUT2D eigenvalue weighted by Gasteiger charge is 2.26. The molecule has 1 amide bonds. The molecule has 1 aliphatic heterocycles. The van der Waals surface area contributed by atoms with E-state index in [1.165, 1.54) is 12.1 Å². The van der Waals surface area contributed by atoms with Gasteiger partial charge in [0.2, 0.25) is 5.91 Å². The number of aryl methyl sites for hydroxylation is 1. The van der Waals surface area contributed by atoms with Gasteiger partial charge in [0.1, 0.15) is 5.82 Å². The number of halogens is 2. The summed E-state index contributed by atoms with van der Waals surface area (Å²) in [6.07, 6.45) is 1.87. The number of hydrogen-bond acceptors (Lipinski definition) is 2. The smallest absolute Gasteiger partial charge is 0.228 e. The molecule has 1 fully saturated rings. The van der Waals surface area contributed by atoms with Gasteiger partial charge in [0.05, 0.1) is 5.92 Å². The second-order valence-corrected chi connectivity index (χ2v) is 7.09. The summed E-state index contributed by atoms with van der Waals surface area (Å²) in [5, 5.41) is 3.69. The highest BCUT2D eigenvalue weighted by molar-refractivity contribution is 6.30. The Morgan fingerprint density at radius 2 is 2.04 bits per heavy atom. The van der Waals surface area contributed by atoms with Crippen LogP contribution in [0.2, 0.25) is 5.02 Å². The predicted octanol–water partition coefficient (Wildman–Crippen LogP) is 4.64. The van der Waals surface area contributed by atoms with E-state index >= 15 is 0 Å². The standard InChI is InChI=1S/C20H22ClFN2O/c1-14-11-17(21)6-9-19(14)23-20(25)16-3-2-10-24(13-16)12-15-4-7-18(22)8-5-15/h4-9,11,16H,2-3,10,12-13H2,1H3,(H,23,25)/t16-/m0/s1. The van der Waals surface area contributed by atoms with E-state index in [0.717, 1.165) is 49.3 Å². The molecule has 0 aromatic heterocycles. The summed E-state index contributed by atoms with van der Waals surface area (Å²) in [7, 11) is 0. The second-order valence-electron chi connectivity index (χ2n) is 6.65. The van der Waals surface area contributed by atoms with Gasteiger partial charge in [-0.15, -0.1) is 0 Å². The van der Waals surface area contributed by atoms with Crippen molar-refractivity contribution in [2.24, 2.45) is 5.92 Å². The molecule has 2 aromatic rings. The SMILES string of the molecule is Cc1cc(Cl)ccc1NC(=O)[C@H]1CCCN(Cc2ccc(F)cc2)C1. The molecule has 0 radical (unpaired) electrons. The largest absolute Gasteiger partial charge is 0.326 e. The van der Waals surface area contributed by atoms with Gasteiger partial charge in [-0.25, -0.2) is 4.39 Å². The first kappa shape index (κ1) is 17.9. The molecular weight excluding hydrogens is 339 g/mol. The number of anilines is 1. The van der Waals surface area contributed by atoms with Gasteiger partial charge >= 0.3 is 0 Å². The minimum absolute atomic E-state index is 0.0377. The molecule has 5 heteroatoms. The van der Waals surface area contributed by atoms with E-state index in [9.17, 15) is 9.18 Å². The molecule has 1 atom stereocenters. The molecule has 3 nitrogen and oxygen atoms in total. The lowest BCUT2D eigenvalue weighted by molar-refractivity contribution is -0.121. The maximum atomic E-state index is 13.0. The minimum atomic E-state index is -0.224. The number of piperidine rings is 1. The number of nitrogens with one attached hydrogen (secondary N) is 1. The highest BCUT2D eigenvalue weighted by Crippen LogP contribution is 2.23. The number of carbonyl (C=O) groups is 1. The van der Waals surface area contributed by atoms with E-state index < -0.39 is 0 Å². The lowest BCUT2D eigenvalue weighted by atomic mass is 9.96. The van der Waals surface area contributed by atoms with Gasteiger partial charge in [0.25, 0.3) is 0 Å². The van der Waals surface area contributed by atoms with Gasteiger partial charge in [-0.3, -0.25) is 9.69 Å². The van der Waals surface area contributed by atoms with Gasteiger partial charge in [0.15, 0.2) is 0 Å². The topological polar surface area (TPSA) is 32.3 Å². The summed E-state index contributed by atoms with van der Waals surface area (Å²) in [6.45, 7) is 4.35. The fourth-order valence-corrected chi connectivity index (χ4v) is 3.49. The van der Waals surface area contributed by atoms with Crippen molar-refractivity contribution in [2.45, 2.75) is 26.3 Å². The van der Waals surface area contributed by atoms with Crippen LogP contribution in [0, 0.1) is 18.7 Å². The van der Waals surface area contributed by atoms with Crippen molar-refractivity contribution in [2.75, 3.05) is 18.4 Å². The van der Waals surface area contributed by atoms with Crippen LogP contribution in [-0.4, -0.2) is 23.9 Å². The molecule has 1 N–H and O–H groups in total. The van der Waals surface area contributed by atoms with Crippen LogP contribution in [0.3, 0.4) is 0 Å². The average Bonchev–Trinajstić information content (AvgIpc) is 2.60. The Labute approximate surface area is 152 Å². The molecule has 1 saturated heterocycles. The molecule has 1 aliphatic rings. The van der Waals surface area contributed by atoms with Crippen LogP contribution in [0.5, 0.6) is 0 Å². The number of rotatable bonds is 4. The zero-order valence-electron chi connectivity index (χ0n) is 14.3. The van der Waals surface area contributed by atoms with Crippen molar-refractivity contribution in [3.63, 3.8) is 0 Å². The van der Waals surface area contributed by atoms with Gasteiger partial charge in [0, 0.05) is 23.8 Å². The summed E-state index contributed by atoms with van der Waals surface area (Å²) in [5.41, 5.74) is 2.83. The first-order valence-corrected chi connectivity index (χ1v) is 8.93. The summed E-state index contributed by atoms with van der Waals surface area (Å²) in [5.74, 6) is -0.212. The summed E-state index contributed by atoms with van der Waals surface area (Å²) in [4.78, 5) is 14.9. The van der Waals surface area contributed by atoms with E-state index in [0.29, 0.717) is 5.02 Å². The monoisotopic (exact) mass is 360 g/mol. The third kappa shape index (κ3) is 4.80. The van der Waals surface area contributed by atoms with E-state index in [1.54, 1.807) is 18.2 Å². The fraction of sp³-hybridized carbons (Fsp3) is 0.350. The van der Waals surface area contributed by atoms with Crippen molar-refractivity contribution >= 4 is 23.2 Å². The second kappa shape index (κ2) is 7.98. The number of amides is 1. The average molecular weight is 361 g/mol. The van der Waals surface area contributed by atoms with E-state index in [-0.39, 0.29) is 17.6 Å². The number of hydrogen-bond donors (Lipinski definition) is 1. The molecule has 0 aliphatic carbocycles. The van der Waals surface area contributed by atoms with Crippen LogP contribution in [0.25, 0.3) is 0 Å². The van der Waals surface area contributed by atoms with Gasteiger partial charge in [-0.2, -0.15) is 0 Å². The first-order valence-electron chi connectivity index (χ1n) is 8.55. The molecule has 1 heterocycles. The Hall–Kier alpha value is -1.91. The van der Waals surface area contributed by atoms with Crippen molar-refractivity contribution in [1.29, 1.82) is 0 Å². The van der Waals surface area contributed by atoms with Crippen LogP contribution in [0.15, 0.2) is 42.5 Å². The van der Waals surface area contributed by atoms with Crippen molar-refractivity contribution in [3.8, 4) is 0 Å². The number of carbonyl (C=O) groups excluding carboxylic acids is 1. The molecule has 3 rings (SSSR count). The zero-order chi connectivity index (χ0) is 17.8. The maximum Gasteiger partial charge on any atom is 0.228 e. The molecule has 25 heavy (non-hydrogen) atoms. The van der Waals surface area contributed by atoms with Crippen LogP contribution in [-0.2, 0) is 11.3 Å². The van der Waals surface area contributed by atoms with E-state index in [4.69, 9.17) is 11.6 Å². The maximum absolute atomic E-state index is 13.0. The van der Waals surface area contributed by atoms with Crippen molar-refractivity contribution < 1.29 is 9.18 Å². The summed E-state index contributed by atoms with van der Waals surface area (Å²) in [6, 6.07) is 12.0. The van der Waals surface area contributed by atoms with Gasteiger partial charge < -0.3 is 5.32 Å². The van der Waals surface area contributed by atoms with Crippen LogP contribution < -0.4 is 5.32 Å². The lowest BCUT2D eigenvalue weighted by Gasteiger charge is -2.32.